The molecular formula is C14H15BrN3O3S-. The molecule has 0 aliphatic carbocycles. The monoisotopic (exact) mass is 384 g/mol. The van der Waals surface area contributed by atoms with Gasteiger partial charge in [-0.1, -0.05) is 27.7 Å². The summed E-state index contributed by atoms with van der Waals surface area (Å²) in [5, 5.41) is 18.8. The minimum atomic E-state index is -1.12. The molecule has 6 nitrogen and oxygen atoms in total. The van der Waals surface area contributed by atoms with Crippen LogP contribution in [0.15, 0.2) is 33.9 Å². The van der Waals surface area contributed by atoms with Gasteiger partial charge in [-0.3, -0.25) is 0 Å². The number of nitrogens with zero attached hydrogens (tertiary/aromatic N) is 3. The number of hydrogen-bond donors (Lipinski definition) is 0. The van der Waals surface area contributed by atoms with Crippen molar-refractivity contribution < 1.29 is 14.6 Å². The summed E-state index contributed by atoms with van der Waals surface area (Å²) in [6, 6.07) is 7.49. The van der Waals surface area contributed by atoms with E-state index in [0.29, 0.717) is 17.5 Å². The lowest BCUT2D eigenvalue weighted by molar-refractivity contribution is -0.304. The number of ether oxygens (including phenoxy) is 1. The van der Waals surface area contributed by atoms with Gasteiger partial charge in [0.1, 0.15) is 12.4 Å². The second kappa shape index (κ2) is 7.64. The third-order valence-electron chi connectivity index (χ3n) is 2.91. The molecule has 0 N–H and O–H groups in total. The zero-order valence-electron chi connectivity index (χ0n) is 12.2. The first-order valence-corrected chi connectivity index (χ1v) is 8.36. The SMILES string of the molecule is CCn1c(COc2ccc(Br)cc2)nnc1S[C@@H](C)C(=O)[O-]. The number of carbonyl (C=O) groups is 1. The molecule has 1 heterocycles. The van der Waals surface area contributed by atoms with Crippen molar-refractivity contribution in [3.63, 3.8) is 0 Å². The van der Waals surface area contributed by atoms with Gasteiger partial charge >= 0.3 is 0 Å². The molecule has 22 heavy (non-hydrogen) atoms. The summed E-state index contributed by atoms with van der Waals surface area (Å²) >= 11 is 4.48. The van der Waals surface area contributed by atoms with Crippen LogP contribution < -0.4 is 9.84 Å². The lowest BCUT2D eigenvalue weighted by Gasteiger charge is -2.13. The van der Waals surface area contributed by atoms with Gasteiger partial charge < -0.3 is 19.2 Å². The largest absolute Gasteiger partial charge is 0.549 e. The van der Waals surface area contributed by atoms with Crippen molar-refractivity contribution in [1.29, 1.82) is 0 Å². The number of thioether (sulfide) groups is 1. The predicted octanol–water partition coefficient (Wildman–Crippen LogP) is 1.87. The number of benzene rings is 1. The molecule has 0 saturated carbocycles. The molecule has 1 aromatic heterocycles. The number of halogens is 1. The maximum Gasteiger partial charge on any atom is 0.191 e. The molecule has 2 rings (SSSR count). The van der Waals surface area contributed by atoms with Crippen molar-refractivity contribution in [2.75, 3.05) is 0 Å². The molecule has 1 atom stereocenters. The number of rotatable bonds is 7. The Hall–Kier alpha value is -1.54. The van der Waals surface area contributed by atoms with Gasteiger partial charge in [-0.05, 0) is 38.1 Å². The van der Waals surface area contributed by atoms with E-state index in [4.69, 9.17) is 4.74 Å². The lowest BCUT2D eigenvalue weighted by atomic mass is 10.3. The van der Waals surface area contributed by atoms with Crippen LogP contribution in [-0.2, 0) is 17.9 Å². The van der Waals surface area contributed by atoms with E-state index >= 15 is 0 Å². The van der Waals surface area contributed by atoms with Crippen molar-refractivity contribution in [3.8, 4) is 5.75 Å². The Kier molecular flexibility index (Phi) is 5.84. The Balaban J connectivity index is 2.06. The second-order valence-electron chi connectivity index (χ2n) is 4.46. The molecule has 0 unspecified atom stereocenters. The van der Waals surface area contributed by atoms with Crippen LogP contribution in [0.3, 0.4) is 0 Å². The highest BCUT2D eigenvalue weighted by molar-refractivity contribution is 9.10. The van der Waals surface area contributed by atoms with Crippen LogP contribution in [-0.4, -0.2) is 26.0 Å². The van der Waals surface area contributed by atoms with Crippen molar-refractivity contribution in [1.82, 2.24) is 14.8 Å². The maximum absolute atomic E-state index is 10.8. The molecule has 0 aliphatic heterocycles. The van der Waals surface area contributed by atoms with E-state index in [2.05, 4.69) is 26.1 Å². The van der Waals surface area contributed by atoms with Crippen LogP contribution in [0.2, 0.25) is 0 Å². The van der Waals surface area contributed by atoms with Crippen molar-refractivity contribution in [2.45, 2.75) is 37.4 Å². The average Bonchev–Trinajstić information content (AvgIpc) is 2.88. The van der Waals surface area contributed by atoms with Crippen LogP contribution in [0.1, 0.15) is 19.7 Å². The number of aliphatic carboxylic acids is 1. The maximum atomic E-state index is 10.8. The van der Waals surface area contributed by atoms with E-state index in [1.54, 1.807) is 6.92 Å². The summed E-state index contributed by atoms with van der Waals surface area (Å²) in [7, 11) is 0. The standard InChI is InChI=1S/C14H16BrN3O3S/c1-3-18-12(8-21-11-6-4-10(15)5-7-11)16-17-14(18)22-9(2)13(19)20/h4-7,9H,3,8H2,1-2H3,(H,19,20)/p-1/t9-/m0/s1. The zero-order valence-corrected chi connectivity index (χ0v) is 14.6. The highest BCUT2D eigenvalue weighted by atomic mass is 79.9. The van der Waals surface area contributed by atoms with E-state index < -0.39 is 11.2 Å². The Morgan fingerprint density at radius 3 is 2.68 bits per heavy atom. The predicted molar refractivity (Wildman–Crippen MR) is 84.5 cm³/mol. The molecule has 1 aromatic carbocycles. The topological polar surface area (TPSA) is 80.1 Å². The normalized spacial score (nSPS) is 12.1. The fourth-order valence-corrected chi connectivity index (χ4v) is 2.84. The summed E-state index contributed by atoms with van der Waals surface area (Å²) in [5.41, 5.74) is 0. The quantitative estimate of drug-likeness (QED) is 0.677. The van der Waals surface area contributed by atoms with Gasteiger partial charge in [-0.15, -0.1) is 10.2 Å². The summed E-state index contributed by atoms with van der Waals surface area (Å²) in [6.45, 7) is 4.41. The van der Waals surface area contributed by atoms with Crippen molar-refractivity contribution >= 4 is 33.7 Å². The van der Waals surface area contributed by atoms with Crippen molar-refractivity contribution in [3.05, 3.63) is 34.6 Å². The molecule has 0 spiro atoms. The molecule has 8 heteroatoms. The average molecular weight is 385 g/mol. The molecule has 118 valence electrons. The van der Waals surface area contributed by atoms with Gasteiger partial charge in [0, 0.05) is 16.3 Å². The Bertz CT molecular complexity index is 645. The summed E-state index contributed by atoms with van der Waals surface area (Å²) < 4.78 is 8.49. The van der Waals surface area contributed by atoms with Crippen LogP contribution in [0.25, 0.3) is 0 Å². The van der Waals surface area contributed by atoms with Gasteiger partial charge in [0.2, 0.25) is 0 Å². The molecule has 0 aliphatic rings. The second-order valence-corrected chi connectivity index (χ2v) is 6.69. The van der Waals surface area contributed by atoms with Crippen LogP contribution >= 0.6 is 27.7 Å². The molecular weight excluding hydrogens is 370 g/mol. The van der Waals surface area contributed by atoms with Gasteiger partial charge in [0.05, 0.1) is 5.97 Å². The molecule has 2 aromatic rings. The van der Waals surface area contributed by atoms with E-state index in [1.807, 2.05) is 35.8 Å². The number of hydrogen-bond acceptors (Lipinski definition) is 6. The molecule has 0 bridgehead atoms. The zero-order chi connectivity index (χ0) is 16.1. The number of carboxylic acids is 1. The summed E-state index contributed by atoms with van der Waals surface area (Å²) in [5.74, 6) is 0.257. The molecule has 0 saturated heterocycles. The molecule has 0 radical (unpaired) electrons. The Labute approximate surface area is 141 Å². The minimum absolute atomic E-state index is 0.267. The van der Waals surface area contributed by atoms with E-state index in [9.17, 15) is 9.90 Å². The highest BCUT2D eigenvalue weighted by Gasteiger charge is 2.15. The lowest BCUT2D eigenvalue weighted by Crippen LogP contribution is -2.31. The third kappa shape index (κ3) is 4.23. The van der Waals surface area contributed by atoms with Gasteiger partial charge in [0.15, 0.2) is 11.0 Å². The van der Waals surface area contributed by atoms with Gasteiger partial charge in [-0.25, -0.2) is 0 Å². The summed E-state index contributed by atoms with van der Waals surface area (Å²) in [4.78, 5) is 10.8. The molecule has 0 amide bonds. The minimum Gasteiger partial charge on any atom is -0.549 e. The number of aromatic nitrogens is 3. The van der Waals surface area contributed by atoms with Gasteiger partial charge in [0.25, 0.3) is 0 Å². The van der Waals surface area contributed by atoms with E-state index in [1.165, 1.54) is 0 Å². The highest BCUT2D eigenvalue weighted by Crippen LogP contribution is 2.23. The fraction of sp³-hybridized carbons (Fsp3) is 0.357. The number of carbonyl (C=O) groups excluding carboxylic acids is 1. The fourth-order valence-electron chi connectivity index (χ4n) is 1.72. The summed E-state index contributed by atoms with van der Waals surface area (Å²) in [6.07, 6.45) is 0. The Morgan fingerprint density at radius 2 is 2.09 bits per heavy atom. The smallest absolute Gasteiger partial charge is 0.191 e. The number of carboxylic acid groups (broad SMARTS) is 1. The van der Waals surface area contributed by atoms with Gasteiger partial charge in [-0.2, -0.15) is 0 Å². The van der Waals surface area contributed by atoms with Crippen LogP contribution in [0, 0.1) is 0 Å². The third-order valence-corrected chi connectivity index (χ3v) is 4.49. The first-order chi connectivity index (χ1) is 10.5. The first kappa shape index (κ1) is 16.8. The van der Waals surface area contributed by atoms with Crippen LogP contribution in [0.5, 0.6) is 5.75 Å². The Morgan fingerprint density at radius 1 is 1.41 bits per heavy atom. The first-order valence-electron chi connectivity index (χ1n) is 6.69. The molecule has 0 fully saturated rings. The van der Waals surface area contributed by atoms with E-state index in [-0.39, 0.29) is 6.61 Å². The van der Waals surface area contributed by atoms with Crippen molar-refractivity contribution in [2.24, 2.45) is 0 Å². The van der Waals surface area contributed by atoms with Crippen LogP contribution in [0.4, 0.5) is 0 Å². The van der Waals surface area contributed by atoms with E-state index in [0.717, 1.165) is 22.0 Å².